The molecule has 0 aromatic heterocycles. The standard InChI is InChI=1S/C13H22NO.H2O/c1-5-14(3,4)13(15-6-2)12-10-8-7-9-11-12;/h7-11,13H,5-6H2,1-4H3;1H2/q+1;/p-1. The van der Waals surface area contributed by atoms with Crippen LogP contribution in [0.5, 0.6) is 0 Å². The second-order valence-corrected chi connectivity index (χ2v) is 4.31. The van der Waals surface area contributed by atoms with Gasteiger partial charge in [-0.05, 0) is 13.8 Å². The van der Waals surface area contributed by atoms with Crippen molar-refractivity contribution in [3.05, 3.63) is 35.9 Å². The van der Waals surface area contributed by atoms with Crippen molar-refractivity contribution in [3.8, 4) is 0 Å². The lowest BCUT2D eigenvalue weighted by Gasteiger charge is -2.36. The molecule has 0 saturated carbocycles. The number of hydrogen-bond acceptors (Lipinski definition) is 2. The van der Waals surface area contributed by atoms with Gasteiger partial charge in [0.2, 0.25) is 6.23 Å². The lowest BCUT2D eigenvalue weighted by atomic mass is 10.1. The van der Waals surface area contributed by atoms with Crippen molar-refractivity contribution in [1.29, 1.82) is 0 Å². The first-order valence-electron chi connectivity index (χ1n) is 5.61. The number of quaternary nitrogens is 1. The average molecular weight is 225 g/mol. The van der Waals surface area contributed by atoms with Gasteiger partial charge >= 0.3 is 0 Å². The van der Waals surface area contributed by atoms with Gasteiger partial charge in [0.1, 0.15) is 0 Å². The largest absolute Gasteiger partial charge is 0.870 e. The maximum atomic E-state index is 5.86. The molecule has 0 aliphatic heterocycles. The first kappa shape index (κ1) is 15.1. The Bertz CT molecular complexity index is 285. The Balaban J connectivity index is 0.00000225. The van der Waals surface area contributed by atoms with Gasteiger partial charge in [0.25, 0.3) is 0 Å². The van der Waals surface area contributed by atoms with Crippen molar-refractivity contribution in [2.45, 2.75) is 20.1 Å². The van der Waals surface area contributed by atoms with Crippen molar-refractivity contribution < 1.29 is 14.7 Å². The van der Waals surface area contributed by atoms with E-state index in [1.54, 1.807) is 0 Å². The highest BCUT2D eigenvalue weighted by atomic mass is 16.5. The third-order valence-electron chi connectivity index (χ3n) is 2.86. The fraction of sp³-hybridized carbons (Fsp3) is 0.538. The summed E-state index contributed by atoms with van der Waals surface area (Å²) in [5.41, 5.74) is 1.26. The molecule has 0 aliphatic rings. The Morgan fingerprint density at radius 3 is 2.12 bits per heavy atom. The van der Waals surface area contributed by atoms with E-state index in [1.165, 1.54) is 5.56 Å². The zero-order chi connectivity index (χ0) is 11.3. The van der Waals surface area contributed by atoms with Gasteiger partial charge in [-0.1, -0.05) is 30.3 Å². The van der Waals surface area contributed by atoms with Crippen LogP contribution in [0, 0.1) is 0 Å². The summed E-state index contributed by atoms with van der Waals surface area (Å²) < 4.78 is 6.71. The number of hydrogen-bond donors (Lipinski definition) is 0. The van der Waals surface area contributed by atoms with Gasteiger partial charge in [-0.25, -0.2) is 0 Å². The van der Waals surface area contributed by atoms with Crippen LogP contribution in [0.4, 0.5) is 0 Å². The molecule has 0 aliphatic carbocycles. The molecule has 1 rings (SSSR count). The summed E-state index contributed by atoms with van der Waals surface area (Å²) in [7, 11) is 4.40. The highest BCUT2D eigenvalue weighted by molar-refractivity contribution is 5.15. The SMILES string of the molecule is CCOC(c1ccccc1)[N+](C)(C)CC.[OH-]. The maximum Gasteiger partial charge on any atom is 0.219 e. The van der Waals surface area contributed by atoms with Gasteiger partial charge in [0.15, 0.2) is 0 Å². The van der Waals surface area contributed by atoms with E-state index in [0.717, 1.165) is 17.6 Å². The molecule has 3 heteroatoms. The van der Waals surface area contributed by atoms with E-state index in [-0.39, 0.29) is 11.7 Å². The molecule has 0 saturated heterocycles. The summed E-state index contributed by atoms with van der Waals surface area (Å²) in [6.07, 6.45) is 0.140. The van der Waals surface area contributed by atoms with Gasteiger partial charge in [-0.3, -0.25) is 4.48 Å². The predicted molar refractivity (Wildman–Crippen MR) is 65.4 cm³/mol. The molecular weight excluding hydrogens is 202 g/mol. The Morgan fingerprint density at radius 1 is 1.12 bits per heavy atom. The van der Waals surface area contributed by atoms with Crippen LogP contribution in [-0.2, 0) is 4.74 Å². The second-order valence-electron chi connectivity index (χ2n) is 4.31. The van der Waals surface area contributed by atoms with E-state index in [2.05, 4.69) is 45.3 Å². The summed E-state index contributed by atoms with van der Waals surface area (Å²) >= 11 is 0. The van der Waals surface area contributed by atoms with Crippen LogP contribution >= 0.6 is 0 Å². The molecule has 3 nitrogen and oxygen atoms in total. The number of nitrogens with zero attached hydrogens (tertiary/aromatic N) is 1. The zero-order valence-electron chi connectivity index (χ0n) is 10.7. The van der Waals surface area contributed by atoms with Crippen LogP contribution in [0.15, 0.2) is 30.3 Å². The third kappa shape index (κ3) is 3.59. The minimum atomic E-state index is 0. The van der Waals surface area contributed by atoms with Gasteiger partial charge < -0.3 is 10.2 Å². The highest BCUT2D eigenvalue weighted by Gasteiger charge is 2.28. The molecule has 0 fully saturated rings. The van der Waals surface area contributed by atoms with Crippen molar-refractivity contribution in [3.63, 3.8) is 0 Å². The van der Waals surface area contributed by atoms with Crippen molar-refractivity contribution >= 4 is 0 Å². The summed E-state index contributed by atoms with van der Waals surface area (Å²) in [6, 6.07) is 10.4. The summed E-state index contributed by atoms with van der Waals surface area (Å²) in [5, 5.41) is 0. The monoisotopic (exact) mass is 225 g/mol. The van der Waals surface area contributed by atoms with Gasteiger partial charge in [0, 0.05) is 5.56 Å². The molecule has 0 heterocycles. The van der Waals surface area contributed by atoms with Gasteiger partial charge in [-0.15, -0.1) is 0 Å². The molecule has 1 aromatic carbocycles. The third-order valence-corrected chi connectivity index (χ3v) is 2.86. The van der Waals surface area contributed by atoms with Crippen molar-refractivity contribution in [1.82, 2.24) is 0 Å². The molecule has 1 atom stereocenters. The lowest BCUT2D eigenvalue weighted by molar-refractivity contribution is -0.943. The average Bonchev–Trinajstić information content (AvgIpc) is 2.27. The Hall–Kier alpha value is -0.900. The molecule has 92 valence electrons. The summed E-state index contributed by atoms with van der Waals surface area (Å²) in [4.78, 5) is 0. The summed E-state index contributed by atoms with van der Waals surface area (Å²) in [5.74, 6) is 0. The molecule has 0 spiro atoms. The molecule has 0 amide bonds. The van der Waals surface area contributed by atoms with Crippen LogP contribution in [0.3, 0.4) is 0 Å². The van der Waals surface area contributed by atoms with E-state index in [4.69, 9.17) is 4.74 Å². The molecule has 1 unspecified atom stereocenters. The lowest BCUT2D eigenvalue weighted by Crippen LogP contribution is -2.44. The number of ether oxygens (including phenoxy) is 1. The van der Waals surface area contributed by atoms with Crippen LogP contribution in [0.2, 0.25) is 0 Å². The van der Waals surface area contributed by atoms with Crippen LogP contribution in [0.1, 0.15) is 25.6 Å². The quantitative estimate of drug-likeness (QED) is 0.571. The van der Waals surface area contributed by atoms with E-state index >= 15 is 0 Å². The Kier molecular flexibility index (Phi) is 6.26. The van der Waals surface area contributed by atoms with Gasteiger partial charge in [0.05, 0.1) is 27.2 Å². The first-order valence-corrected chi connectivity index (χ1v) is 5.61. The van der Waals surface area contributed by atoms with E-state index in [0.29, 0.717) is 0 Å². The second kappa shape index (κ2) is 6.63. The predicted octanol–water partition coefficient (Wildman–Crippen LogP) is 2.64. The van der Waals surface area contributed by atoms with E-state index in [9.17, 15) is 0 Å². The maximum absolute atomic E-state index is 5.86. The Labute approximate surface area is 98.6 Å². The van der Waals surface area contributed by atoms with Crippen molar-refractivity contribution in [2.75, 3.05) is 27.2 Å². The molecule has 1 aromatic rings. The minimum absolute atomic E-state index is 0. The topological polar surface area (TPSA) is 39.2 Å². The first-order chi connectivity index (χ1) is 7.11. The fourth-order valence-corrected chi connectivity index (χ4v) is 1.64. The summed E-state index contributed by atoms with van der Waals surface area (Å²) in [6.45, 7) is 6.04. The van der Waals surface area contributed by atoms with Crippen LogP contribution in [-0.4, -0.2) is 37.2 Å². The molecule has 0 bridgehead atoms. The number of rotatable bonds is 5. The van der Waals surface area contributed by atoms with Crippen LogP contribution in [0.25, 0.3) is 0 Å². The minimum Gasteiger partial charge on any atom is -0.870 e. The molecule has 0 radical (unpaired) electrons. The van der Waals surface area contributed by atoms with E-state index < -0.39 is 0 Å². The molecule has 16 heavy (non-hydrogen) atoms. The van der Waals surface area contributed by atoms with E-state index in [1.807, 2.05) is 13.0 Å². The van der Waals surface area contributed by atoms with Crippen molar-refractivity contribution in [2.24, 2.45) is 0 Å². The molecular formula is C13H23NO2. The number of benzene rings is 1. The highest BCUT2D eigenvalue weighted by Crippen LogP contribution is 2.25. The fourth-order valence-electron chi connectivity index (χ4n) is 1.64. The normalized spacial score (nSPS) is 13.0. The molecule has 1 N–H and O–H groups in total. The smallest absolute Gasteiger partial charge is 0.219 e. The Morgan fingerprint density at radius 2 is 1.69 bits per heavy atom. The van der Waals surface area contributed by atoms with Gasteiger partial charge in [-0.2, -0.15) is 0 Å². The van der Waals surface area contributed by atoms with Crippen LogP contribution < -0.4 is 0 Å². The zero-order valence-corrected chi connectivity index (χ0v) is 10.7.